The number of methoxy groups -OCH3 is 1. The molecule has 1 unspecified atom stereocenters. The number of fused-ring (bicyclic) bond motifs is 1. The normalized spacial score (nSPS) is 15.5. The number of H-pyrrole nitrogens is 1. The summed E-state index contributed by atoms with van der Waals surface area (Å²) in [6, 6.07) is 13.0. The lowest BCUT2D eigenvalue weighted by Crippen LogP contribution is -2.06. The van der Waals surface area contributed by atoms with Crippen molar-refractivity contribution >= 4 is 43.9 Å². The molecule has 1 atom stereocenters. The van der Waals surface area contributed by atoms with Gasteiger partial charge in [0, 0.05) is 27.9 Å². The van der Waals surface area contributed by atoms with Crippen molar-refractivity contribution in [1.29, 1.82) is 4.78 Å². The standard InChI is InChI=1S/C22H20ClN5O2S/c1-30-20-10-14(31(24,29)13-6-7-13)8-9-19(20)27-22-26-12-17(23)21(28-22)16-11-25-18-5-3-2-4-15(16)18/h2-5,8-13,24-25H,6-7H2,1H3,(H,26,27,28). The van der Waals surface area contributed by atoms with Gasteiger partial charge in [0.25, 0.3) is 0 Å². The fourth-order valence-corrected chi connectivity index (χ4v) is 5.49. The van der Waals surface area contributed by atoms with E-state index in [0.29, 0.717) is 33.0 Å². The number of aromatic nitrogens is 3. The average Bonchev–Trinajstić information content (AvgIpc) is 3.56. The van der Waals surface area contributed by atoms with Gasteiger partial charge in [-0.1, -0.05) is 29.8 Å². The topological polar surface area (TPSA) is 104 Å². The van der Waals surface area contributed by atoms with Crippen LogP contribution in [0.15, 0.2) is 59.8 Å². The maximum absolute atomic E-state index is 12.8. The number of rotatable bonds is 6. The molecule has 5 rings (SSSR count). The van der Waals surface area contributed by atoms with Gasteiger partial charge in [0.1, 0.15) is 5.75 Å². The van der Waals surface area contributed by atoms with Gasteiger partial charge in [0.05, 0.1) is 44.3 Å². The summed E-state index contributed by atoms with van der Waals surface area (Å²) < 4.78 is 26.5. The van der Waals surface area contributed by atoms with Crippen molar-refractivity contribution in [3.63, 3.8) is 0 Å². The number of aromatic amines is 1. The number of nitrogens with zero attached hydrogens (tertiary/aromatic N) is 2. The van der Waals surface area contributed by atoms with Crippen molar-refractivity contribution < 1.29 is 8.95 Å². The van der Waals surface area contributed by atoms with Crippen LogP contribution < -0.4 is 10.1 Å². The first-order chi connectivity index (χ1) is 15.0. The highest BCUT2D eigenvalue weighted by Crippen LogP contribution is 2.38. The van der Waals surface area contributed by atoms with Crippen molar-refractivity contribution in [2.24, 2.45) is 0 Å². The first-order valence-corrected chi connectivity index (χ1v) is 11.8. The van der Waals surface area contributed by atoms with Crippen LogP contribution in [-0.2, 0) is 9.73 Å². The number of anilines is 2. The predicted octanol–water partition coefficient (Wildman–Crippen LogP) is 5.60. The zero-order valence-electron chi connectivity index (χ0n) is 16.7. The molecular weight excluding hydrogens is 434 g/mol. The first kappa shape index (κ1) is 19.8. The summed E-state index contributed by atoms with van der Waals surface area (Å²) in [5.41, 5.74) is 3.10. The van der Waals surface area contributed by atoms with E-state index in [9.17, 15) is 4.21 Å². The average molecular weight is 454 g/mol. The molecule has 3 N–H and O–H groups in total. The van der Waals surface area contributed by atoms with Crippen molar-refractivity contribution in [3.8, 4) is 17.0 Å². The summed E-state index contributed by atoms with van der Waals surface area (Å²) in [5, 5.41) is 4.55. The van der Waals surface area contributed by atoms with E-state index in [1.54, 1.807) is 24.4 Å². The Morgan fingerprint density at radius 1 is 1.26 bits per heavy atom. The highest BCUT2D eigenvalue weighted by Gasteiger charge is 2.34. The Kier molecular flexibility index (Phi) is 4.83. The van der Waals surface area contributed by atoms with E-state index in [1.165, 1.54) is 7.11 Å². The largest absolute Gasteiger partial charge is 0.495 e. The summed E-state index contributed by atoms with van der Waals surface area (Å²) in [6.07, 6.45) is 5.10. The fraction of sp³-hybridized carbons (Fsp3) is 0.182. The molecule has 9 heteroatoms. The van der Waals surface area contributed by atoms with Crippen molar-refractivity contribution in [2.45, 2.75) is 23.0 Å². The lowest BCUT2D eigenvalue weighted by Gasteiger charge is -2.14. The van der Waals surface area contributed by atoms with E-state index in [1.807, 2.05) is 30.5 Å². The van der Waals surface area contributed by atoms with E-state index in [4.69, 9.17) is 21.1 Å². The van der Waals surface area contributed by atoms with Gasteiger partial charge in [-0.05, 0) is 37.1 Å². The van der Waals surface area contributed by atoms with E-state index in [-0.39, 0.29) is 5.25 Å². The summed E-state index contributed by atoms with van der Waals surface area (Å²) >= 11 is 6.41. The van der Waals surface area contributed by atoms with E-state index in [2.05, 4.69) is 20.3 Å². The summed E-state index contributed by atoms with van der Waals surface area (Å²) in [7, 11) is -1.28. The molecule has 158 valence electrons. The van der Waals surface area contributed by atoms with Gasteiger partial charge in [-0.3, -0.25) is 0 Å². The molecule has 2 aromatic heterocycles. The van der Waals surface area contributed by atoms with Gasteiger partial charge in [-0.25, -0.2) is 19.0 Å². The molecule has 2 heterocycles. The Bertz CT molecular complexity index is 1400. The molecule has 1 aliphatic carbocycles. The molecule has 1 aliphatic rings. The lowest BCUT2D eigenvalue weighted by atomic mass is 10.1. The van der Waals surface area contributed by atoms with Gasteiger partial charge < -0.3 is 15.0 Å². The number of ether oxygens (including phenoxy) is 1. The molecule has 31 heavy (non-hydrogen) atoms. The van der Waals surface area contributed by atoms with Crippen LogP contribution in [0.1, 0.15) is 12.8 Å². The van der Waals surface area contributed by atoms with Crippen LogP contribution in [0.25, 0.3) is 22.2 Å². The molecular formula is C22H20ClN5O2S. The predicted molar refractivity (Wildman–Crippen MR) is 123 cm³/mol. The molecule has 0 spiro atoms. The van der Waals surface area contributed by atoms with E-state index >= 15 is 0 Å². The highest BCUT2D eigenvalue weighted by atomic mass is 35.5. The number of nitrogens with one attached hydrogen (secondary N) is 3. The number of halogens is 1. The Morgan fingerprint density at radius 2 is 2.06 bits per heavy atom. The second-order valence-electron chi connectivity index (χ2n) is 7.43. The van der Waals surface area contributed by atoms with Crippen LogP contribution in [0.2, 0.25) is 5.02 Å². The van der Waals surface area contributed by atoms with Crippen molar-refractivity contribution in [1.82, 2.24) is 15.0 Å². The quantitative estimate of drug-likeness (QED) is 0.352. The lowest BCUT2D eigenvalue weighted by molar-refractivity contribution is 0.415. The molecule has 0 bridgehead atoms. The van der Waals surface area contributed by atoms with Crippen molar-refractivity contribution in [3.05, 3.63) is 59.9 Å². The third-order valence-electron chi connectivity index (χ3n) is 5.35. The van der Waals surface area contributed by atoms with Gasteiger partial charge in [0.15, 0.2) is 0 Å². The number of hydrogen-bond donors (Lipinski definition) is 3. The van der Waals surface area contributed by atoms with Crippen LogP contribution in [0.3, 0.4) is 0 Å². The van der Waals surface area contributed by atoms with Gasteiger partial charge >= 0.3 is 0 Å². The van der Waals surface area contributed by atoms with Gasteiger partial charge in [-0.2, -0.15) is 0 Å². The van der Waals surface area contributed by atoms with Crippen LogP contribution in [-0.4, -0.2) is 31.5 Å². The summed E-state index contributed by atoms with van der Waals surface area (Å²) in [4.78, 5) is 12.6. The molecule has 0 aliphatic heterocycles. The number of benzene rings is 2. The van der Waals surface area contributed by atoms with Gasteiger partial charge in [-0.15, -0.1) is 0 Å². The Labute approximate surface area is 184 Å². The minimum atomic E-state index is -2.81. The SMILES string of the molecule is COc1cc(S(=N)(=O)C2CC2)ccc1Nc1ncc(Cl)c(-c2c[nH]c3ccccc23)n1. The number of para-hydroxylation sites is 1. The van der Waals surface area contributed by atoms with Crippen LogP contribution >= 0.6 is 11.6 Å². The molecule has 0 radical (unpaired) electrons. The zero-order valence-corrected chi connectivity index (χ0v) is 18.3. The Morgan fingerprint density at radius 3 is 2.84 bits per heavy atom. The van der Waals surface area contributed by atoms with Gasteiger partial charge in [0.2, 0.25) is 5.95 Å². The first-order valence-electron chi connectivity index (χ1n) is 9.79. The van der Waals surface area contributed by atoms with Crippen LogP contribution in [0.5, 0.6) is 5.75 Å². The monoisotopic (exact) mass is 453 g/mol. The highest BCUT2D eigenvalue weighted by molar-refractivity contribution is 7.93. The molecule has 7 nitrogen and oxygen atoms in total. The second-order valence-corrected chi connectivity index (χ2v) is 10.2. The molecule has 0 amide bonds. The third-order valence-corrected chi connectivity index (χ3v) is 7.99. The smallest absolute Gasteiger partial charge is 0.227 e. The maximum Gasteiger partial charge on any atom is 0.227 e. The summed E-state index contributed by atoms with van der Waals surface area (Å²) in [5.74, 6) is 0.829. The third kappa shape index (κ3) is 3.62. The minimum absolute atomic E-state index is 0.0608. The summed E-state index contributed by atoms with van der Waals surface area (Å²) in [6.45, 7) is 0. The molecule has 1 fully saturated rings. The van der Waals surface area contributed by atoms with E-state index in [0.717, 1.165) is 29.3 Å². The van der Waals surface area contributed by atoms with E-state index < -0.39 is 9.73 Å². The maximum atomic E-state index is 12.8. The van der Waals surface area contributed by atoms with Crippen molar-refractivity contribution in [2.75, 3.05) is 12.4 Å². The van der Waals surface area contributed by atoms with Crippen LogP contribution in [0, 0.1) is 4.78 Å². The Balaban J connectivity index is 1.50. The Hall–Kier alpha value is -3.10. The zero-order chi connectivity index (χ0) is 21.6. The molecule has 0 saturated heterocycles. The molecule has 1 saturated carbocycles. The minimum Gasteiger partial charge on any atom is -0.495 e. The van der Waals surface area contributed by atoms with Crippen LogP contribution in [0.4, 0.5) is 11.6 Å². The molecule has 2 aromatic carbocycles. The number of hydrogen-bond acceptors (Lipinski definition) is 6. The second kappa shape index (κ2) is 7.55. The molecule has 4 aromatic rings. The fourth-order valence-electron chi connectivity index (χ4n) is 3.56.